The molecule has 0 radical (unpaired) electrons. The summed E-state index contributed by atoms with van der Waals surface area (Å²) in [5.41, 5.74) is 0.960. The highest BCUT2D eigenvalue weighted by atomic mass is 35.5. The quantitative estimate of drug-likeness (QED) is 0.755. The molecule has 0 spiro atoms. The smallest absolute Gasteiger partial charge is 0.256 e. The van der Waals surface area contributed by atoms with E-state index in [0.29, 0.717) is 16.3 Å². The van der Waals surface area contributed by atoms with Gasteiger partial charge in [-0.05, 0) is 50.1 Å². The van der Waals surface area contributed by atoms with Crippen LogP contribution in [0.4, 0.5) is 5.69 Å². The Morgan fingerprint density at radius 1 is 1.12 bits per heavy atom. The molecule has 26 heavy (non-hydrogen) atoms. The number of hydrogen-bond donors (Lipinski definition) is 1. The van der Waals surface area contributed by atoms with E-state index >= 15 is 0 Å². The summed E-state index contributed by atoms with van der Waals surface area (Å²) in [5, 5.41) is 3.09. The Kier molecular flexibility index (Phi) is 6.22. The van der Waals surface area contributed by atoms with Crippen molar-refractivity contribution in [2.45, 2.75) is 29.9 Å². The number of nitrogens with one attached hydrogen (secondary N) is 1. The summed E-state index contributed by atoms with van der Waals surface area (Å²) in [5.74, 6) is -0.222. The van der Waals surface area contributed by atoms with Crippen molar-refractivity contribution < 1.29 is 9.59 Å². The molecule has 2 aromatic carbocycles. The van der Waals surface area contributed by atoms with E-state index in [1.165, 1.54) is 11.8 Å². The van der Waals surface area contributed by atoms with Gasteiger partial charge in [0, 0.05) is 23.0 Å². The summed E-state index contributed by atoms with van der Waals surface area (Å²) in [6.07, 6.45) is 2.03. The minimum atomic E-state index is -0.289. The minimum Gasteiger partial charge on any atom is -0.339 e. The van der Waals surface area contributed by atoms with Crippen LogP contribution in [0.5, 0.6) is 0 Å². The summed E-state index contributed by atoms with van der Waals surface area (Å²) in [6, 6.07) is 14.8. The molecular formula is C20H21ClN2O2S. The molecule has 1 unspecified atom stereocenters. The SMILES string of the molecule is CC(Sc1ccccc1)C(=O)Nc1ccc(Cl)cc1C(=O)N1CCCC1. The normalized spacial score (nSPS) is 14.9. The number of rotatable bonds is 5. The zero-order valence-electron chi connectivity index (χ0n) is 14.6. The lowest BCUT2D eigenvalue weighted by Gasteiger charge is -2.19. The summed E-state index contributed by atoms with van der Waals surface area (Å²) >= 11 is 7.57. The van der Waals surface area contributed by atoms with Gasteiger partial charge in [0.1, 0.15) is 0 Å². The van der Waals surface area contributed by atoms with Crippen molar-refractivity contribution in [1.82, 2.24) is 4.90 Å². The van der Waals surface area contributed by atoms with Crippen LogP contribution in [0.1, 0.15) is 30.1 Å². The fourth-order valence-electron chi connectivity index (χ4n) is 2.88. The number of thioether (sulfide) groups is 1. The topological polar surface area (TPSA) is 49.4 Å². The van der Waals surface area contributed by atoms with Crippen LogP contribution in [0.3, 0.4) is 0 Å². The van der Waals surface area contributed by atoms with E-state index in [0.717, 1.165) is 30.8 Å². The van der Waals surface area contributed by atoms with E-state index in [4.69, 9.17) is 11.6 Å². The molecule has 0 bridgehead atoms. The molecule has 0 aromatic heterocycles. The van der Waals surface area contributed by atoms with Gasteiger partial charge in [0.15, 0.2) is 0 Å². The van der Waals surface area contributed by atoms with Gasteiger partial charge >= 0.3 is 0 Å². The maximum absolute atomic E-state index is 12.8. The van der Waals surface area contributed by atoms with Crippen LogP contribution in [0.2, 0.25) is 5.02 Å². The third-order valence-corrected chi connectivity index (χ3v) is 5.64. The van der Waals surface area contributed by atoms with Gasteiger partial charge in [-0.3, -0.25) is 9.59 Å². The Labute approximate surface area is 162 Å². The van der Waals surface area contributed by atoms with E-state index in [1.54, 1.807) is 18.2 Å². The van der Waals surface area contributed by atoms with Crippen molar-refractivity contribution in [2.75, 3.05) is 18.4 Å². The number of amides is 2. The monoisotopic (exact) mass is 388 g/mol. The van der Waals surface area contributed by atoms with E-state index < -0.39 is 0 Å². The highest BCUT2D eigenvalue weighted by Crippen LogP contribution is 2.27. The maximum atomic E-state index is 12.8. The van der Waals surface area contributed by atoms with Crippen molar-refractivity contribution in [2.24, 2.45) is 0 Å². The molecule has 3 rings (SSSR count). The summed E-state index contributed by atoms with van der Waals surface area (Å²) in [7, 11) is 0. The van der Waals surface area contributed by atoms with Crippen LogP contribution in [-0.4, -0.2) is 35.1 Å². The summed E-state index contributed by atoms with van der Waals surface area (Å²) in [4.78, 5) is 28.2. The molecule has 1 fully saturated rings. The molecule has 2 amide bonds. The van der Waals surface area contributed by atoms with Gasteiger partial charge in [-0.15, -0.1) is 11.8 Å². The first-order valence-corrected chi connectivity index (χ1v) is 9.92. The second-order valence-corrected chi connectivity index (χ2v) is 8.10. The first-order valence-electron chi connectivity index (χ1n) is 8.66. The summed E-state index contributed by atoms with van der Waals surface area (Å²) < 4.78 is 0. The Morgan fingerprint density at radius 3 is 2.50 bits per heavy atom. The van der Waals surface area contributed by atoms with E-state index in [9.17, 15) is 9.59 Å². The first-order chi connectivity index (χ1) is 12.5. The Balaban J connectivity index is 1.74. The van der Waals surface area contributed by atoms with Crippen molar-refractivity contribution in [3.8, 4) is 0 Å². The standard InChI is InChI=1S/C20H21ClN2O2S/c1-14(26-16-7-3-2-4-8-16)19(24)22-18-10-9-15(21)13-17(18)20(25)23-11-5-6-12-23/h2-4,7-10,13-14H,5-6,11-12H2,1H3,(H,22,24). The lowest BCUT2D eigenvalue weighted by atomic mass is 10.1. The number of nitrogens with zero attached hydrogens (tertiary/aromatic N) is 1. The second-order valence-electron chi connectivity index (χ2n) is 6.25. The maximum Gasteiger partial charge on any atom is 0.256 e. The predicted octanol–water partition coefficient (Wildman–Crippen LogP) is 4.70. The third-order valence-electron chi connectivity index (χ3n) is 4.29. The molecule has 1 aliphatic heterocycles. The highest BCUT2D eigenvalue weighted by Gasteiger charge is 2.24. The van der Waals surface area contributed by atoms with Crippen LogP contribution in [-0.2, 0) is 4.79 Å². The number of likely N-dealkylation sites (tertiary alicyclic amines) is 1. The Hall–Kier alpha value is -1.98. The van der Waals surface area contributed by atoms with Crippen LogP contribution in [0.15, 0.2) is 53.4 Å². The number of halogens is 1. The molecule has 6 heteroatoms. The van der Waals surface area contributed by atoms with E-state index in [2.05, 4.69) is 5.32 Å². The van der Waals surface area contributed by atoms with Crippen molar-refractivity contribution >= 4 is 40.9 Å². The van der Waals surface area contributed by atoms with Crippen molar-refractivity contribution in [3.63, 3.8) is 0 Å². The third kappa shape index (κ3) is 4.59. The van der Waals surface area contributed by atoms with Crippen LogP contribution >= 0.6 is 23.4 Å². The molecule has 1 saturated heterocycles. The first kappa shape index (κ1) is 18.8. The fourth-order valence-corrected chi connectivity index (χ4v) is 3.94. The lowest BCUT2D eigenvalue weighted by Crippen LogP contribution is -2.30. The van der Waals surface area contributed by atoms with Gasteiger partial charge in [0.05, 0.1) is 16.5 Å². The molecule has 1 aliphatic rings. The highest BCUT2D eigenvalue weighted by molar-refractivity contribution is 8.00. The minimum absolute atomic E-state index is 0.0799. The number of carbonyl (C=O) groups excluding carboxylic acids is 2. The molecule has 1 N–H and O–H groups in total. The van der Waals surface area contributed by atoms with Gasteiger partial charge in [-0.1, -0.05) is 29.8 Å². The van der Waals surface area contributed by atoms with Gasteiger partial charge in [0.25, 0.3) is 5.91 Å². The molecule has 2 aromatic rings. The number of anilines is 1. The van der Waals surface area contributed by atoms with Crippen molar-refractivity contribution in [1.29, 1.82) is 0 Å². The zero-order chi connectivity index (χ0) is 18.5. The van der Waals surface area contributed by atoms with Gasteiger partial charge in [-0.2, -0.15) is 0 Å². The molecule has 0 aliphatic carbocycles. The average molecular weight is 389 g/mol. The fraction of sp³-hybridized carbons (Fsp3) is 0.300. The predicted molar refractivity (Wildman–Crippen MR) is 107 cm³/mol. The molecule has 1 atom stereocenters. The van der Waals surface area contributed by atoms with Gasteiger partial charge in [0.2, 0.25) is 5.91 Å². The number of carbonyl (C=O) groups is 2. The Bertz CT molecular complexity index is 792. The molecular weight excluding hydrogens is 368 g/mol. The average Bonchev–Trinajstić information content (AvgIpc) is 3.18. The molecule has 1 heterocycles. The van der Waals surface area contributed by atoms with Crippen LogP contribution < -0.4 is 5.32 Å². The van der Waals surface area contributed by atoms with E-state index in [1.807, 2.05) is 42.2 Å². The molecule has 136 valence electrons. The second kappa shape index (κ2) is 8.60. The van der Waals surface area contributed by atoms with Crippen LogP contribution in [0.25, 0.3) is 0 Å². The summed E-state index contributed by atoms with van der Waals surface area (Å²) in [6.45, 7) is 3.35. The van der Waals surface area contributed by atoms with Gasteiger partial charge < -0.3 is 10.2 Å². The van der Waals surface area contributed by atoms with Crippen LogP contribution in [0, 0.1) is 0 Å². The van der Waals surface area contributed by atoms with Crippen molar-refractivity contribution in [3.05, 3.63) is 59.1 Å². The number of benzene rings is 2. The van der Waals surface area contributed by atoms with Gasteiger partial charge in [-0.25, -0.2) is 0 Å². The largest absolute Gasteiger partial charge is 0.339 e. The molecule has 4 nitrogen and oxygen atoms in total. The molecule has 0 saturated carbocycles. The Morgan fingerprint density at radius 2 is 1.81 bits per heavy atom. The zero-order valence-corrected chi connectivity index (χ0v) is 16.1. The van der Waals surface area contributed by atoms with E-state index in [-0.39, 0.29) is 17.1 Å². The number of hydrogen-bond acceptors (Lipinski definition) is 3. The lowest BCUT2D eigenvalue weighted by molar-refractivity contribution is -0.115.